The van der Waals surface area contributed by atoms with Gasteiger partial charge in [0, 0.05) is 13.3 Å². The molecule has 1 aromatic rings. The van der Waals surface area contributed by atoms with E-state index in [-0.39, 0.29) is 0 Å². The molecule has 1 rings (SSSR count). The molecule has 0 heterocycles. The monoisotopic (exact) mass is 358 g/mol. The predicted octanol–water partition coefficient (Wildman–Crippen LogP) is 2.44. The second-order valence-electron chi connectivity index (χ2n) is 4.90. The molecule has 0 aliphatic carbocycles. The van der Waals surface area contributed by atoms with E-state index in [2.05, 4.69) is 0 Å². The Bertz CT molecular complexity index is 619. The fourth-order valence-corrected chi connectivity index (χ4v) is 1.98. The van der Waals surface area contributed by atoms with Crippen LogP contribution in [-0.4, -0.2) is 23.0 Å². The molecular formula is C13H12F6N2O3. The van der Waals surface area contributed by atoms with Gasteiger partial charge in [0.05, 0.1) is 16.8 Å². The molecule has 0 saturated heterocycles. The van der Waals surface area contributed by atoms with Crippen molar-refractivity contribution < 1.29 is 41.0 Å². The van der Waals surface area contributed by atoms with Crippen molar-refractivity contribution in [3.63, 3.8) is 0 Å². The Morgan fingerprint density at radius 3 is 1.83 bits per heavy atom. The van der Waals surface area contributed by atoms with E-state index in [4.69, 9.17) is 10.8 Å². The van der Waals surface area contributed by atoms with E-state index >= 15 is 0 Å². The summed E-state index contributed by atoms with van der Waals surface area (Å²) in [5.41, 5.74) is -0.550. The van der Waals surface area contributed by atoms with E-state index in [0.717, 1.165) is 6.92 Å². The van der Waals surface area contributed by atoms with Gasteiger partial charge in [-0.2, -0.15) is 26.3 Å². The summed E-state index contributed by atoms with van der Waals surface area (Å²) in [5.74, 6) is -2.41. The number of carbonyl (C=O) groups excluding carboxylic acids is 1. The molecule has 24 heavy (non-hydrogen) atoms. The summed E-state index contributed by atoms with van der Waals surface area (Å²) in [5, 5.41) is 10.8. The van der Waals surface area contributed by atoms with Gasteiger partial charge >= 0.3 is 18.3 Å². The number of carbonyl (C=O) groups is 2. The van der Waals surface area contributed by atoms with Crippen LogP contribution in [-0.2, 0) is 28.4 Å². The van der Waals surface area contributed by atoms with Crippen LogP contribution < -0.4 is 11.1 Å². The highest BCUT2D eigenvalue weighted by molar-refractivity contribution is 5.82. The number of halogens is 6. The first-order valence-corrected chi connectivity index (χ1v) is 6.30. The van der Waals surface area contributed by atoms with E-state index in [1.54, 1.807) is 0 Å². The third kappa shape index (κ3) is 4.77. The van der Waals surface area contributed by atoms with Gasteiger partial charge in [0.1, 0.15) is 6.04 Å². The lowest BCUT2D eigenvalue weighted by Gasteiger charge is -2.19. The van der Waals surface area contributed by atoms with Gasteiger partial charge in [-0.05, 0) is 17.7 Å². The number of alkyl halides is 6. The molecule has 0 aliphatic heterocycles. The number of aliphatic carboxylic acids is 1. The number of nitrogen functional groups attached to an aromatic ring is 1. The first-order chi connectivity index (χ1) is 10.7. The molecule has 1 aromatic carbocycles. The quantitative estimate of drug-likeness (QED) is 0.569. The second kappa shape index (κ2) is 6.57. The van der Waals surface area contributed by atoms with Crippen molar-refractivity contribution in [3.05, 3.63) is 28.8 Å². The molecular weight excluding hydrogens is 346 g/mol. The van der Waals surface area contributed by atoms with Crippen molar-refractivity contribution in [2.75, 3.05) is 5.73 Å². The number of amides is 1. The summed E-state index contributed by atoms with van der Waals surface area (Å²) < 4.78 is 77.2. The summed E-state index contributed by atoms with van der Waals surface area (Å²) in [6, 6.07) is -1.02. The average Bonchev–Trinajstić information content (AvgIpc) is 2.36. The van der Waals surface area contributed by atoms with E-state index in [0.29, 0.717) is 12.1 Å². The maximum absolute atomic E-state index is 12.9. The highest BCUT2D eigenvalue weighted by Crippen LogP contribution is 2.42. The number of rotatable bonds is 4. The number of carboxylic acids is 1. The SMILES string of the molecule is CC(=O)N[C@H](Cc1cc(C(F)(F)F)c(N)c(C(F)(F)F)c1)C(=O)O. The first-order valence-electron chi connectivity index (χ1n) is 6.30. The molecule has 0 radical (unpaired) electrons. The molecule has 0 bridgehead atoms. The zero-order valence-corrected chi connectivity index (χ0v) is 12.0. The molecule has 1 atom stereocenters. The van der Waals surface area contributed by atoms with E-state index in [9.17, 15) is 35.9 Å². The zero-order chi connectivity index (χ0) is 18.9. The van der Waals surface area contributed by atoms with Crippen molar-refractivity contribution >= 4 is 17.6 Å². The molecule has 11 heteroatoms. The highest BCUT2D eigenvalue weighted by atomic mass is 19.4. The van der Waals surface area contributed by atoms with Gasteiger partial charge in [-0.3, -0.25) is 4.79 Å². The number of nitrogens with two attached hydrogens (primary N) is 1. The minimum Gasteiger partial charge on any atom is -0.480 e. The summed E-state index contributed by atoms with van der Waals surface area (Å²) in [6.07, 6.45) is -11.1. The zero-order valence-electron chi connectivity index (χ0n) is 12.0. The van der Waals surface area contributed by atoms with Crippen molar-refractivity contribution in [2.24, 2.45) is 0 Å². The molecule has 0 unspecified atom stereocenters. The molecule has 0 aromatic heterocycles. The predicted molar refractivity (Wildman–Crippen MR) is 69.8 cm³/mol. The van der Waals surface area contributed by atoms with Crippen LogP contribution in [0.5, 0.6) is 0 Å². The van der Waals surface area contributed by atoms with E-state index < -0.39 is 59.1 Å². The van der Waals surface area contributed by atoms with Crippen LogP contribution in [0.2, 0.25) is 0 Å². The van der Waals surface area contributed by atoms with Gasteiger partial charge in [-0.25, -0.2) is 4.79 Å². The first kappa shape index (κ1) is 19.6. The summed E-state index contributed by atoms with van der Waals surface area (Å²) in [7, 11) is 0. The summed E-state index contributed by atoms with van der Waals surface area (Å²) in [6.45, 7) is 0.960. The Labute approximate surface area is 131 Å². The smallest absolute Gasteiger partial charge is 0.418 e. The van der Waals surface area contributed by atoms with Gasteiger partial charge in [0.2, 0.25) is 5.91 Å². The summed E-state index contributed by atoms with van der Waals surface area (Å²) in [4.78, 5) is 21.9. The standard InChI is InChI=1S/C13H12F6N2O3/c1-5(22)21-9(11(23)24)4-6-2-7(12(14,15)16)10(20)8(3-6)13(17,18)19/h2-3,9H,4,20H2,1H3,(H,21,22)(H,23,24)/t9-/m1/s1. The molecule has 0 spiro atoms. The minimum absolute atomic E-state index is 0.336. The largest absolute Gasteiger partial charge is 0.480 e. The number of carboxylic acid groups (broad SMARTS) is 1. The molecule has 134 valence electrons. The lowest BCUT2D eigenvalue weighted by molar-refractivity contribution is -0.141. The molecule has 4 N–H and O–H groups in total. The van der Waals surface area contributed by atoms with Crippen LogP contribution in [0.4, 0.5) is 32.0 Å². The Balaban J connectivity index is 3.43. The van der Waals surface area contributed by atoms with Crippen LogP contribution in [0.25, 0.3) is 0 Å². The van der Waals surface area contributed by atoms with Gasteiger partial charge < -0.3 is 16.2 Å². The number of anilines is 1. The average molecular weight is 358 g/mol. The second-order valence-corrected chi connectivity index (χ2v) is 4.90. The molecule has 1 amide bonds. The molecule has 5 nitrogen and oxygen atoms in total. The lowest BCUT2D eigenvalue weighted by atomic mass is 9.97. The Kier molecular flexibility index (Phi) is 5.36. The van der Waals surface area contributed by atoms with Gasteiger partial charge in [0.25, 0.3) is 0 Å². The fraction of sp³-hybridized carbons (Fsp3) is 0.385. The molecule has 0 fully saturated rings. The lowest BCUT2D eigenvalue weighted by Crippen LogP contribution is -2.41. The van der Waals surface area contributed by atoms with Crippen LogP contribution in [0.3, 0.4) is 0 Å². The Morgan fingerprint density at radius 2 is 1.54 bits per heavy atom. The number of hydrogen-bond acceptors (Lipinski definition) is 3. The van der Waals surface area contributed by atoms with Crippen molar-refractivity contribution in [1.82, 2.24) is 5.32 Å². The Hall–Kier alpha value is -2.46. The van der Waals surface area contributed by atoms with Crippen LogP contribution >= 0.6 is 0 Å². The van der Waals surface area contributed by atoms with Crippen molar-refractivity contribution in [3.8, 4) is 0 Å². The minimum atomic E-state index is -5.16. The van der Waals surface area contributed by atoms with Crippen LogP contribution in [0.1, 0.15) is 23.6 Å². The fourth-order valence-electron chi connectivity index (χ4n) is 1.98. The molecule has 0 aliphatic rings. The highest BCUT2D eigenvalue weighted by Gasteiger charge is 2.41. The van der Waals surface area contributed by atoms with Crippen molar-refractivity contribution in [1.29, 1.82) is 0 Å². The topological polar surface area (TPSA) is 92.4 Å². The number of nitrogens with one attached hydrogen (secondary N) is 1. The number of benzene rings is 1. The summed E-state index contributed by atoms with van der Waals surface area (Å²) >= 11 is 0. The van der Waals surface area contributed by atoms with Crippen LogP contribution in [0.15, 0.2) is 12.1 Å². The van der Waals surface area contributed by atoms with E-state index in [1.807, 2.05) is 5.32 Å². The van der Waals surface area contributed by atoms with Crippen LogP contribution in [0, 0.1) is 0 Å². The van der Waals surface area contributed by atoms with E-state index in [1.165, 1.54) is 0 Å². The van der Waals surface area contributed by atoms with Gasteiger partial charge in [-0.1, -0.05) is 0 Å². The normalized spacial score (nSPS) is 13.5. The third-order valence-electron chi connectivity index (χ3n) is 2.97. The Morgan fingerprint density at radius 1 is 1.12 bits per heavy atom. The molecule has 0 saturated carbocycles. The maximum Gasteiger partial charge on any atom is 0.418 e. The van der Waals surface area contributed by atoms with Gasteiger partial charge in [0.15, 0.2) is 0 Å². The van der Waals surface area contributed by atoms with Crippen molar-refractivity contribution in [2.45, 2.75) is 31.7 Å². The number of hydrogen-bond donors (Lipinski definition) is 3. The third-order valence-corrected chi connectivity index (χ3v) is 2.97. The maximum atomic E-state index is 12.9. The van der Waals surface area contributed by atoms with Gasteiger partial charge in [-0.15, -0.1) is 0 Å².